The zero-order chi connectivity index (χ0) is 32.6. The van der Waals surface area contributed by atoms with Crippen LogP contribution in [-0.2, 0) is 29.8 Å². The summed E-state index contributed by atoms with van der Waals surface area (Å²) in [5, 5.41) is 3.22. The molecule has 2 unspecified atom stereocenters. The van der Waals surface area contributed by atoms with Crippen molar-refractivity contribution in [1.82, 2.24) is 14.8 Å². The summed E-state index contributed by atoms with van der Waals surface area (Å²) in [6.45, 7) is 6.68. The molecule has 2 aromatic rings. The lowest BCUT2D eigenvalue weighted by atomic mass is 9.94. The molecule has 44 heavy (non-hydrogen) atoms. The Morgan fingerprint density at radius 2 is 1.55 bits per heavy atom. The smallest absolute Gasteiger partial charge is 0.417 e. The SMILES string of the molecule is CCCN1CCC(Nc2ncc(C(F)(F)F)cc2CN2C(=O)O[C@H](c3cc(C(F)(F)F)cc(C(F)(F)F)c3)[C@@H]2C)CC1CC. The number of carbonyl (C=O) groups excluding carboxylic acids is 1. The highest BCUT2D eigenvalue weighted by molar-refractivity contribution is 5.71. The number of hydrogen-bond donors (Lipinski definition) is 1. The minimum Gasteiger partial charge on any atom is -0.439 e. The predicted octanol–water partition coefficient (Wildman–Crippen LogP) is 8.28. The van der Waals surface area contributed by atoms with E-state index in [0.29, 0.717) is 31.2 Å². The van der Waals surface area contributed by atoms with Gasteiger partial charge in [-0.2, -0.15) is 39.5 Å². The van der Waals surface area contributed by atoms with E-state index >= 15 is 0 Å². The Morgan fingerprint density at radius 3 is 2.09 bits per heavy atom. The first-order valence-corrected chi connectivity index (χ1v) is 14.3. The van der Waals surface area contributed by atoms with Crippen molar-refractivity contribution in [2.75, 3.05) is 18.4 Å². The Morgan fingerprint density at radius 1 is 0.932 bits per heavy atom. The van der Waals surface area contributed by atoms with Crippen LogP contribution in [-0.4, -0.2) is 52.1 Å². The second-order valence-electron chi connectivity index (χ2n) is 11.2. The number of piperidine rings is 1. The van der Waals surface area contributed by atoms with Gasteiger partial charge in [0.1, 0.15) is 11.9 Å². The number of benzene rings is 1. The minimum atomic E-state index is -5.12. The van der Waals surface area contributed by atoms with Gasteiger partial charge in [0.05, 0.1) is 29.3 Å². The number of nitrogens with one attached hydrogen (secondary N) is 1. The molecule has 2 aliphatic heterocycles. The number of likely N-dealkylation sites (tertiary alicyclic amines) is 1. The average Bonchev–Trinajstić information content (AvgIpc) is 3.21. The maximum absolute atomic E-state index is 13.6. The lowest BCUT2D eigenvalue weighted by Crippen LogP contribution is -2.46. The molecule has 0 radical (unpaired) electrons. The molecule has 0 saturated carbocycles. The van der Waals surface area contributed by atoms with Crippen LogP contribution in [0.2, 0.25) is 0 Å². The van der Waals surface area contributed by atoms with Gasteiger partial charge in [0.15, 0.2) is 0 Å². The summed E-state index contributed by atoms with van der Waals surface area (Å²) >= 11 is 0. The van der Waals surface area contributed by atoms with Gasteiger partial charge in [0.25, 0.3) is 0 Å². The zero-order valence-electron chi connectivity index (χ0n) is 24.2. The number of rotatable bonds is 8. The number of carbonyl (C=O) groups is 1. The summed E-state index contributed by atoms with van der Waals surface area (Å²) in [6, 6.07) is 0.738. The third kappa shape index (κ3) is 7.52. The summed E-state index contributed by atoms with van der Waals surface area (Å²) in [5.74, 6) is 0.101. The number of nitrogens with zero attached hydrogens (tertiary/aromatic N) is 3. The summed E-state index contributed by atoms with van der Waals surface area (Å²) in [7, 11) is 0. The van der Waals surface area contributed by atoms with Gasteiger partial charge in [-0.3, -0.25) is 4.90 Å². The van der Waals surface area contributed by atoms with Gasteiger partial charge in [-0.05, 0) is 69.0 Å². The Hall–Kier alpha value is -3.23. The first kappa shape index (κ1) is 33.7. The third-order valence-corrected chi connectivity index (χ3v) is 8.13. The van der Waals surface area contributed by atoms with Gasteiger partial charge in [-0.15, -0.1) is 0 Å². The molecule has 3 heterocycles. The molecule has 2 fully saturated rings. The normalized spacial score (nSPS) is 23.6. The molecule has 4 rings (SSSR count). The van der Waals surface area contributed by atoms with Crippen LogP contribution in [0.5, 0.6) is 0 Å². The highest BCUT2D eigenvalue weighted by Gasteiger charge is 2.44. The van der Waals surface area contributed by atoms with E-state index in [-0.39, 0.29) is 29.5 Å². The van der Waals surface area contributed by atoms with Crippen LogP contribution in [0.3, 0.4) is 0 Å². The van der Waals surface area contributed by atoms with Crippen LogP contribution < -0.4 is 5.32 Å². The van der Waals surface area contributed by atoms with Crippen molar-refractivity contribution in [3.63, 3.8) is 0 Å². The summed E-state index contributed by atoms with van der Waals surface area (Å²) in [5.41, 5.74) is -4.79. The molecular weight excluding hydrogens is 607 g/mol. The number of cyclic esters (lactones) is 1. The molecule has 1 N–H and O–H groups in total. The number of aromatic nitrogens is 1. The van der Waals surface area contributed by atoms with Crippen molar-refractivity contribution in [2.24, 2.45) is 0 Å². The number of pyridine rings is 1. The molecule has 6 nitrogen and oxygen atoms in total. The minimum absolute atomic E-state index is 0.0201. The van der Waals surface area contributed by atoms with Crippen LogP contribution in [0.4, 0.5) is 50.1 Å². The van der Waals surface area contributed by atoms with Gasteiger partial charge in [0.2, 0.25) is 0 Å². The van der Waals surface area contributed by atoms with Crippen molar-refractivity contribution < 1.29 is 49.0 Å². The van der Waals surface area contributed by atoms with Crippen molar-refractivity contribution in [2.45, 2.75) is 95.8 Å². The van der Waals surface area contributed by atoms with E-state index in [1.165, 1.54) is 6.92 Å². The fourth-order valence-corrected chi connectivity index (χ4v) is 5.83. The standard InChI is InChI=1S/C29H33F9N4O2/c1-4-7-41-8-6-22(13-23(41)5-2)40-25-18(11-21(14-39-25)29(36,37)38)15-42-16(3)24(44-26(42)43)17-9-19(27(30,31)32)12-20(10-17)28(33,34)35/h9-12,14,16,22-24H,4-8,13,15H2,1-3H3,(H,39,40)/t16-,22?,23?,24-/m0/s1. The number of anilines is 1. The number of hydrogen-bond acceptors (Lipinski definition) is 5. The molecule has 0 bridgehead atoms. The molecule has 2 aliphatic rings. The van der Waals surface area contributed by atoms with E-state index in [0.717, 1.165) is 36.9 Å². The van der Waals surface area contributed by atoms with Crippen molar-refractivity contribution in [3.05, 3.63) is 58.3 Å². The molecule has 2 saturated heterocycles. The number of amides is 1. The van der Waals surface area contributed by atoms with E-state index < -0.39 is 65.6 Å². The molecule has 0 spiro atoms. The number of alkyl halides is 9. The fraction of sp³-hybridized carbons (Fsp3) is 0.586. The van der Waals surface area contributed by atoms with Gasteiger partial charge in [0, 0.05) is 30.4 Å². The molecule has 244 valence electrons. The molecule has 15 heteroatoms. The molecule has 1 aromatic carbocycles. The van der Waals surface area contributed by atoms with Crippen LogP contribution >= 0.6 is 0 Å². The molecule has 1 amide bonds. The molecular formula is C29H33F9N4O2. The summed E-state index contributed by atoms with van der Waals surface area (Å²) in [4.78, 5) is 20.2. The second kappa shape index (κ2) is 12.6. The largest absolute Gasteiger partial charge is 0.439 e. The Bertz CT molecular complexity index is 1300. The average molecular weight is 641 g/mol. The van der Waals surface area contributed by atoms with E-state index in [2.05, 4.69) is 29.0 Å². The molecule has 1 aromatic heterocycles. The third-order valence-electron chi connectivity index (χ3n) is 8.13. The van der Waals surface area contributed by atoms with E-state index in [9.17, 15) is 44.3 Å². The first-order chi connectivity index (χ1) is 20.4. The van der Waals surface area contributed by atoms with Gasteiger partial charge >= 0.3 is 24.6 Å². The Kier molecular flexibility index (Phi) is 9.67. The second-order valence-corrected chi connectivity index (χ2v) is 11.2. The maximum Gasteiger partial charge on any atom is 0.417 e. The highest BCUT2D eigenvalue weighted by Crippen LogP contribution is 2.41. The van der Waals surface area contributed by atoms with Crippen molar-refractivity contribution in [1.29, 1.82) is 0 Å². The van der Waals surface area contributed by atoms with Gasteiger partial charge < -0.3 is 15.0 Å². The van der Waals surface area contributed by atoms with E-state index in [1.807, 2.05) is 0 Å². The van der Waals surface area contributed by atoms with Crippen LogP contribution in [0.1, 0.15) is 80.4 Å². The van der Waals surface area contributed by atoms with Crippen LogP contribution in [0.25, 0.3) is 0 Å². The van der Waals surface area contributed by atoms with Gasteiger partial charge in [-0.25, -0.2) is 9.78 Å². The molecule has 4 atom stereocenters. The first-order valence-electron chi connectivity index (χ1n) is 14.3. The number of ether oxygens (including phenoxy) is 1. The van der Waals surface area contributed by atoms with Crippen LogP contribution in [0, 0.1) is 0 Å². The monoisotopic (exact) mass is 640 g/mol. The Balaban J connectivity index is 1.63. The van der Waals surface area contributed by atoms with E-state index in [1.54, 1.807) is 0 Å². The van der Waals surface area contributed by atoms with Gasteiger partial charge in [-0.1, -0.05) is 13.8 Å². The molecule has 0 aliphatic carbocycles. The maximum atomic E-state index is 13.6. The lowest BCUT2D eigenvalue weighted by molar-refractivity contribution is -0.143. The fourth-order valence-electron chi connectivity index (χ4n) is 5.83. The zero-order valence-corrected chi connectivity index (χ0v) is 24.2. The quantitative estimate of drug-likeness (QED) is 0.295. The summed E-state index contributed by atoms with van der Waals surface area (Å²) in [6.07, 6.45) is -13.7. The Labute approximate surface area is 248 Å². The summed E-state index contributed by atoms with van der Waals surface area (Å²) < 4.78 is 127. The number of halogens is 9. The van der Waals surface area contributed by atoms with Crippen molar-refractivity contribution in [3.8, 4) is 0 Å². The van der Waals surface area contributed by atoms with E-state index in [4.69, 9.17) is 4.74 Å². The highest BCUT2D eigenvalue weighted by atomic mass is 19.4. The predicted molar refractivity (Wildman–Crippen MR) is 142 cm³/mol. The van der Waals surface area contributed by atoms with Crippen molar-refractivity contribution >= 4 is 11.9 Å². The lowest BCUT2D eigenvalue weighted by Gasteiger charge is -2.39. The topological polar surface area (TPSA) is 57.7 Å². The van der Waals surface area contributed by atoms with Crippen LogP contribution in [0.15, 0.2) is 30.5 Å².